The molecule has 0 radical (unpaired) electrons. The number of pyridine rings is 1. The maximum atomic E-state index is 13.4. The monoisotopic (exact) mass is 401 g/mol. The zero-order valence-corrected chi connectivity index (χ0v) is 14.7. The molecule has 0 unspecified atom stereocenters. The molecule has 0 aliphatic heterocycles. The van der Waals surface area contributed by atoms with E-state index in [9.17, 15) is 18.0 Å². The third kappa shape index (κ3) is 3.22. The minimum absolute atomic E-state index is 0.322. The zero-order valence-electron chi connectivity index (χ0n) is 13.1. The van der Waals surface area contributed by atoms with Crippen LogP contribution in [0.3, 0.4) is 0 Å². The molecule has 0 bridgehead atoms. The normalized spacial score (nSPS) is 16.8. The van der Waals surface area contributed by atoms with Crippen molar-refractivity contribution in [2.24, 2.45) is 0 Å². The molecular weight excluding hydrogens is 387 g/mol. The van der Waals surface area contributed by atoms with E-state index >= 15 is 0 Å². The Labute approximate surface area is 145 Å². The van der Waals surface area contributed by atoms with Crippen molar-refractivity contribution < 1.29 is 17.9 Å². The summed E-state index contributed by atoms with van der Waals surface area (Å²) in [5.41, 5.74) is 0.835. The molecule has 0 atom stereocenters. The topological polar surface area (TPSA) is 31.2 Å². The summed E-state index contributed by atoms with van der Waals surface area (Å²) in [6, 6.07) is 3.44. The van der Waals surface area contributed by atoms with E-state index in [0.29, 0.717) is 27.1 Å². The van der Waals surface area contributed by atoms with Crippen molar-refractivity contribution >= 4 is 15.9 Å². The predicted octanol–water partition coefficient (Wildman–Crippen LogP) is 5.13. The summed E-state index contributed by atoms with van der Waals surface area (Å²) in [5, 5.41) is 0. The minimum Gasteiger partial charge on any atom is -0.454 e. The van der Waals surface area contributed by atoms with Crippen LogP contribution in [-0.2, 0) is 0 Å². The lowest BCUT2D eigenvalue weighted by Gasteiger charge is -2.36. The van der Waals surface area contributed by atoms with Crippen LogP contribution in [0.4, 0.5) is 13.2 Å². The summed E-state index contributed by atoms with van der Waals surface area (Å²) in [7, 11) is 0. The first-order valence-corrected chi connectivity index (χ1v) is 8.20. The van der Waals surface area contributed by atoms with E-state index < -0.39 is 12.0 Å². The molecule has 1 aliphatic rings. The third-order valence-corrected chi connectivity index (χ3v) is 4.72. The fourth-order valence-electron chi connectivity index (χ4n) is 2.86. The molecule has 1 aromatic carbocycles. The van der Waals surface area contributed by atoms with Crippen molar-refractivity contribution in [1.82, 2.24) is 4.57 Å². The van der Waals surface area contributed by atoms with Gasteiger partial charge in [-0.25, -0.2) is 13.2 Å². The average molecular weight is 402 g/mol. The van der Waals surface area contributed by atoms with Gasteiger partial charge < -0.3 is 9.30 Å². The Morgan fingerprint density at radius 2 is 1.79 bits per heavy atom. The molecule has 1 aliphatic carbocycles. The van der Waals surface area contributed by atoms with Gasteiger partial charge in [0.25, 0.3) is 11.5 Å². The van der Waals surface area contributed by atoms with Gasteiger partial charge in [0.15, 0.2) is 5.75 Å². The molecule has 0 amide bonds. The van der Waals surface area contributed by atoms with Gasteiger partial charge in [-0.05, 0) is 53.0 Å². The summed E-state index contributed by atoms with van der Waals surface area (Å²) in [6.45, 7) is 3.42. The summed E-state index contributed by atoms with van der Waals surface area (Å²) < 4.78 is 47.1. The molecule has 1 saturated carbocycles. The highest BCUT2D eigenvalue weighted by Crippen LogP contribution is 2.45. The zero-order chi connectivity index (χ0) is 17.6. The number of hydrogen-bond acceptors (Lipinski definition) is 2. The fourth-order valence-corrected chi connectivity index (χ4v) is 3.24. The number of halogens is 4. The molecule has 24 heavy (non-hydrogen) atoms. The van der Waals surface area contributed by atoms with Crippen molar-refractivity contribution in [2.45, 2.75) is 38.7 Å². The van der Waals surface area contributed by atoms with Crippen LogP contribution in [0.25, 0.3) is 0 Å². The quantitative estimate of drug-likeness (QED) is 0.713. The predicted molar refractivity (Wildman–Crippen MR) is 87.6 cm³/mol. The number of ether oxygens (including phenoxy) is 1. The Balaban J connectivity index is 1.96. The molecule has 0 saturated heterocycles. The highest BCUT2D eigenvalue weighted by atomic mass is 79.9. The number of aromatic nitrogens is 1. The summed E-state index contributed by atoms with van der Waals surface area (Å²) in [5.74, 6) is -2.29. The fraction of sp³-hybridized carbons (Fsp3) is 0.353. The van der Waals surface area contributed by atoms with Gasteiger partial charge in [-0.3, -0.25) is 4.79 Å². The maximum Gasteiger partial charge on any atom is 0.252 e. The SMILES string of the molecule is Cc1cc(F)cc(C)c1Oc1cn(C2CC(F)(F)C2)c(=O)cc1Br. The summed E-state index contributed by atoms with van der Waals surface area (Å²) in [4.78, 5) is 12.1. The lowest BCUT2D eigenvalue weighted by molar-refractivity contribution is -0.105. The van der Waals surface area contributed by atoms with Crippen molar-refractivity contribution in [3.8, 4) is 11.5 Å². The Morgan fingerprint density at radius 1 is 1.21 bits per heavy atom. The second-order valence-corrected chi connectivity index (χ2v) is 6.97. The Hall–Kier alpha value is -1.76. The van der Waals surface area contributed by atoms with E-state index in [4.69, 9.17) is 4.74 Å². The number of nitrogens with zero attached hydrogens (tertiary/aromatic N) is 1. The van der Waals surface area contributed by atoms with E-state index in [1.807, 2.05) is 0 Å². The van der Waals surface area contributed by atoms with Gasteiger partial charge in [0, 0.05) is 24.9 Å². The molecular formula is C17H15BrF3NO2. The first-order chi connectivity index (χ1) is 11.2. The Morgan fingerprint density at radius 3 is 2.33 bits per heavy atom. The molecule has 0 N–H and O–H groups in total. The number of aryl methyl sites for hydroxylation is 2. The molecule has 2 aromatic rings. The molecule has 3 nitrogen and oxygen atoms in total. The molecule has 1 heterocycles. The van der Waals surface area contributed by atoms with Crippen LogP contribution < -0.4 is 10.3 Å². The first kappa shape index (κ1) is 17.1. The number of benzene rings is 1. The van der Waals surface area contributed by atoms with Gasteiger partial charge >= 0.3 is 0 Å². The van der Waals surface area contributed by atoms with Gasteiger partial charge in [-0.2, -0.15) is 0 Å². The van der Waals surface area contributed by atoms with Crippen molar-refractivity contribution in [2.75, 3.05) is 0 Å². The van der Waals surface area contributed by atoms with E-state index in [2.05, 4.69) is 15.9 Å². The van der Waals surface area contributed by atoms with E-state index in [0.717, 1.165) is 0 Å². The minimum atomic E-state index is -2.72. The molecule has 0 spiro atoms. The molecule has 1 fully saturated rings. The van der Waals surface area contributed by atoms with Crippen LogP contribution in [0.1, 0.15) is 30.0 Å². The van der Waals surface area contributed by atoms with Crippen LogP contribution in [-0.4, -0.2) is 10.5 Å². The highest BCUT2D eigenvalue weighted by Gasteiger charge is 2.46. The van der Waals surface area contributed by atoms with Crippen LogP contribution in [0.15, 0.2) is 33.7 Å². The van der Waals surface area contributed by atoms with Crippen LogP contribution in [0.5, 0.6) is 11.5 Å². The molecule has 128 valence electrons. The van der Waals surface area contributed by atoms with Gasteiger partial charge in [-0.15, -0.1) is 0 Å². The third-order valence-electron chi connectivity index (χ3n) is 4.10. The molecule has 3 rings (SSSR count). The highest BCUT2D eigenvalue weighted by molar-refractivity contribution is 9.10. The van der Waals surface area contributed by atoms with E-state index in [1.165, 1.54) is 29.0 Å². The van der Waals surface area contributed by atoms with E-state index in [-0.39, 0.29) is 24.2 Å². The number of alkyl halides is 2. The van der Waals surface area contributed by atoms with Crippen molar-refractivity contribution in [3.63, 3.8) is 0 Å². The maximum absolute atomic E-state index is 13.4. The summed E-state index contributed by atoms with van der Waals surface area (Å²) in [6.07, 6.45) is 0.708. The Kier molecular flexibility index (Phi) is 4.23. The summed E-state index contributed by atoms with van der Waals surface area (Å²) >= 11 is 3.25. The molecule has 1 aromatic heterocycles. The second-order valence-electron chi connectivity index (χ2n) is 6.12. The van der Waals surface area contributed by atoms with Gasteiger partial charge in [0.2, 0.25) is 0 Å². The largest absolute Gasteiger partial charge is 0.454 e. The lowest BCUT2D eigenvalue weighted by atomic mass is 9.88. The Bertz CT molecular complexity index is 832. The first-order valence-electron chi connectivity index (χ1n) is 7.40. The molecule has 7 heteroatoms. The lowest BCUT2D eigenvalue weighted by Crippen LogP contribution is -2.40. The van der Waals surface area contributed by atoms with Gasteiger partial charge in [-0.1, -0.05) is 0 Å². The smallest absolute Gasteiger partial charge is 0.252 e. The van der Waals surface area contributed by atoms with Crippen molar-refractivity contribution in [3.05, 3.63) is 56.2 Å². The van der Waals surface area contributed by atoms with Gasteiger partial charge in [0.05, 0.1) is 10.7 Å². The van der Waals surface area contributed by atoms with Crippen molar-refractivity contribution in [1.29, 1.82) is 0 Å². The van der Waals surface area contributed by atoms with Crippen LogP contribution >= 0.6 is 15.9 Å². The van der Waals surface area contributed by atoms with Gasteiger partial charge in [0.1, 0.15) is 11.6 Å². The van der Waals surface area contributed by atoms with Crippen LogP contribution in [0, 0.1) is 19.7 Å². The second kappa shape index (κ2) is 5.95. The average Bonchev–Trinajstić information content (AvgIpc) is 2.42. The van der Waals surface area contributed by atoms with E-state index in [1.54, 1.807) is 13.8 Å². The standard InChI is InChI=1S/C17H15BrF3NO2/c1-9-3-11(19)4-10(2)16(9)24-14-8-22(15(23)5-13(14)18)12-6-17(20,21)7-12/h3-5,8,12H,6-7H2,1-2H3. The van der Waals surface area contributed by atoms with Crippen LogP contribution in [0.2, 0.25) is 0 Å². The number of rotatable bonds is 3. The number of hydrogen-bond donors (Lipinski definition) is 0.